The smallest absolute Gasteiger partial charge is 0.149 e. The lowest BCUT2D eigenvalue weighted by molar-refractivity contribution is 0.446. The van der Waals surface area contributed by atoms with Gasteiger partial charge in [-0.15, -0.1) is 0 Å². The minimum atomic E-state index is -2.50. The number of aromatic hydroxyl groups is 1. The Labute approximate surface area is 390 Å². The fourth-order valence-electron chi connectivity index (χ4n) is 8.54. The second-order valence-corrected chi connectivity index (χ2v) is 21.5. The summed E-state index contributed by atoms with van der Waals surface area (Å²) in [5.41, 5.74) is 12.8. The highest BCUT2D eigenvalue weighted by atomic mass is 16.3. The van der Waals surface area contributed by atoms with E-state index in [2.05, 4.69) is 179 Å². The van der Waals surface area contributed by atoms with Crippen molar-refractivity contribution in [3.05, 3.63) is 167 Å². The van der Waals surface area contributed by atoms with Crippen LogP contribution in [0.25, 0.3) is 72.7 Å². The Hall–Kier alpha value is -6.26. The molecule has 0 saturated carbocycles. The van der Waals surface area contributed by atoms with Crippen molar-refractivity contribution in [1.82, 2.24) is 14.5 Å². The summed E-state index contributed by atoms with van der Waals surface area (Å²) in [4.78, 5) is 10.5. The average Bonchev–Trinajstić information content (AvgIpc) is 3.66. The van der Waals surface area contributed by atoms with Crippen LogP contribution in [-0.2, 0) is 21.7 Å². The van der Waals surface area contributed by atoms with Gasteiger partial charge in [0.2, 0.25) is 0 Å². The minimum Gasteiger partial charge on any atom is -0.507 e. The molecule has 0 unspecified atom stereocenters. The number of phenols is 1. The van der Waals surface area contributed by atoms with E-state index < -0.39 is 13.7 Å². The highest BCUT2D eigenvalue weighted by Crippen LogP contribution is 2.46. The van der Waals surface area contributed by atoms with Crippen molar-refractivity contribution >= 4 is 11.0 Å². The fraction of sp³-hybridized carbons (Fsp3) is 0.300. The summed E-state index contributed by atoms with van der Waals surface area (Å²) in [6, 6.07) is 42.2. The third-order valence-corrected chi connectivity index (χ3v) is 12.3. The molecule has 326 valence electrons. The van der Waals surface area contributed by atoms with Gasteiger partial charge in [-0.1, -0.05) is 173 Å². The van der Waals surface area contributed by atoms with Gasteiger partial charge in [0.1, 0.15) is 11.6 Å². The molecule has 8 aromatic rings. The predicted octanol–water partition coefficient (Wildman–Crippen LogP) is 16.3. The first-order valence-corrected chi connectivity index (χ1v) is 22.3. The second kappa shape index (κ2) is 16.1. The zero-order valence-corrected chi connectivity index (χ0v) is 39.5. The summed E-state index contributed by atoms with van der Waals surface area (Å²) < 4.78 is 51.1. The van der Waals surface area contributed by atoms with E-state index in [1.54, 1.807) is 24.4 Å². The van der Waals surface area contributed by atoms with Gasteiger partial charge >= 0.3 is 0 Å². The number of hydrogen-bond acceptors (Lipinski definition) is 3. The van der Waals surface area contributed by atoms with Gasteiger partial charge in [-0.2, -0.15) is 0 Å². The normalized spacial score (nSPS) is 14.4. The molecule has 6 aromatic carbocycles. The molecule has 8 rings (SSSR count). The van der Waals surface area contributed by atoms with Crippen molar-refractivity contribution < 1.29 is 13.3 Å². The molecule has 0 bridgehead atoms. The van der Waals surface area contributed by atoms with E-state index in [1.807, 2.05) is 12.1 Å². The van der Waals surface area contributed by atoms with Crippen LogP contribution in [0.1, 0.15) is 125 Å². The zero-order valence-electron chi connectivity index (χ0n) is 45.5. The number of nitrogens with zero attached hydrogens (tertiary/aromatic N) is 3. The standard InChI is InChI=1S/C60H65N3O/c1-37-27-38(2)29-41(28-37)40-25-26-61-51(33-40)43-30-42(31-45(32-43)58(6,7)8)47-21-18-22-53-54(47)62-56(49-35-46(59(9,10)11)36-50(55(49)64)60(12,13)14)63(53)52-24-23-44(57(3,4)5)34-48(52)39-19-16-15-17-20-39/h15-36,64H,1-14H3/i1D3,2D3. The van der Waals surface area contributed by atoms with E-state index in [9.17, 15) is 5.11 Å². The van der Waals surface area contributed by atoms with E-state index in [0.29, 0.717) is 28.2 Å². The van der Waals surface area contributed by atoms with Gasteiger partial charge in [-0.3, -0.25) is 9.55 Å². The van der Waals surface area contributed by atoms with Gasteiger partial charge in [0, 0.05) is 36.7 Å². The van der Waals surface area contributed by atoms with Crippen LogP contribution in [0, 0.1) is 13.7 Å². The van der Waals surface area contributed by atoms with E-state index >= 15 is 0 Å². The summed E-state index contributed by atoms with van der Waals surface area (Å²) in [5, 5.41) is 12.6. The maximum atomic E-state index is 12.6. The molecule has 0 aliphatic carbocycles. The number of pyridine rings is 1. The van der Waals surface area contributed by atoms with Crippen LogP contribution in [0.5, 0.6) is 5.75 Å². The molecule has 1 N–H and O–H groups in total. The zero-order chi connectivity index (χ0) is 51.1. The average molecular weight is 850 g/mol. The Morgan fingerprint density at radius 3 is 1.77 bits per heavy atom. The van der Waals surface area contributed by atoms with E-state index in [-0.39, 0.29) is 38.5 Å². The van der Waals surface area contributed by atoms with E-state index in [4.69, 9.17) is 18.2 Å². The molecule has 0 aliphatic rings. The maximum absolute atomic E-state index is 12.6. The van der Waals surface area contributed by atoms with Gasteiger partial charge in [-0.05, 0) is 123 Å². The van der Waals surface area contributed by atoms with Crippen LogP contribution in [0.2, 0.25) is 0 Å². The number of benzene rings is 6. The first-order valence-electron chi connectivity index (χ1n) is 25.3. The lowest BCUT2D eigenvalue weighted by Gasteiger charge is -2.28. The molecule has 0 saturated heterocycles. The summed E-state index contributed by atoms with van der Waals surface area (Å²) in [6.07, 6.45) is 1.68. The SMILES string of the molecule is [2H]C([2H])([2H])c1cc(-c2ccnc(-c3cc(-c4cccc5c4nc(-c4cc(C(C)(C)C)cc(C(C)(C)C)c4O)n5-c4ccc(C(C)(C)C)cc4-c4ccccc4)cc(C(C)(C)C)c3)c2)cc(C([2H])([2H])[2H])c1. The van der Waals surface area contributed by atoms with Crippen molar-refractivity contribution in [1.29, 1.82) is 0 Å². The number of phenolic OH excluding ortho intramolecular Hbond substituents is 1. The Balaban J connectivity index is 1.43. The number of imidazole rings is 1. The van der Waals surface area contributed by atoms with Crippen LogP contribution in [0.15, 0.2) is 134 Å². The molecule has 0 aliphatic heterocycles. The van der Waals surface area contributed by atoms with Crippen LogP contribution in [0.4, 0.5) is 0 Å². The molecule has 0 atom stereocenters. The monoisotopic (exact) mass is 850 g/mol. The van der Waals surface area contributed by atoms with Crippen molar-refractivity contribution in [2.75, 3.05) is 0 Å². The third kappa shape index (κ3) is 8.68. The molecule has 64 heavy (non-hydrogen) atoms. The molecule has 0 radical (unpaired) electrons. The van der Waals surface area contributed by atoms with Crippen LogP contribution in [-0.4, -0.2) is 19.6 Å². The highest BCUT2D eigenvalue weighted by molar-refractivity contribution is 5.98. The number of para-hydroxylation sites is 1. The lowest BCUT2D eigenvalue weighted by Crippen LogP contribution is -2.17. The van der Waals surface area contributed by atoms with Gasteiger partial charge in [0.15, 0.2) is 0 Å². The molecule has 2 aromatic heterocycles. The van der Waals surface area contributed by atoms with Crippen molar-refractivity contribution in [3.63, 3.8) is 0 Å². The van der Waals surface area contributed by atoms with Crippen molar-refractivity contribution in [2.45, 2.75) is 118 Å². The summed E-state index contributed by atoms with van der Waals surface area (Å²) in [5.74, 6) is 0.819. The Bertz CT molecular complexity index is 3250. The Kier molecular flexibility index (Phi) is 9.33. The topological polar surface area (TPSA) is 50.9 Å². The van der Waals surface area contributed by atoms with Gasteiger partial charge in [0.05, 0.1) is 28.0 Å². The second-order valence-electron chi connectivity index (χ2n) is 21.5. The summed E-state index contributed by atoms with van der Waals surface area (Å²) >= 11 is 0. The van der Waals surface area contributed by atoms with Crippen LogP contribution >= 0.6 is 0 Å². The van der Waals surface area contributed by atoms with Gasteiger partial charge in [0.25, 0.3) is 0 Å². The fourth-order valence-corrected chi connectivity index (χ4v) is 8.54. The molecule has 4 heteroatoms. The largest absolute Gasteiger partial charge is 0.507 e. The summed E-state index contributed by atoms with van der Waals surface area (Å²) in [6.45, 7) is 21.2. The molecular weight excluding hydrogens is 779 g/mol. The third-order valence-electron chi connectivity index (χ3n) is 12.3. The van der Waals surface area contributed by atoms with E-state index in [1.165, 1.54) is 11.6 Å². The molecule has 0 amide bonds. The molecular formula is C60H65N3O. The summed E-state index contributed by atoms with van der Waals surface area (Å²) in [7, 11) is 0. The number of aryl methyl sites for hydroxylation is 2. The molecule has 2 heterocycles. The molecule has 0 fully saturated rings. The Morgan fingerprint density at radius 1 is 0.484 bits per heavy atom. The van der Waals surface area contributed by atoms with Crippen LogP contribution in [0.3, 0.4) is 0 Å². The number of hydrogen-bond donors (Lipinski definition) is 1. The van der Waals surface area contributed by atoms with Gasteiger partial charge < -0.3 is 5.11 Å². The quantitative estimate of drug-likeness (QED) is 0.181. The van der Waals surface area contributed by atoms with E-state index in [0.717, 1.165) is 61.2 Å². The van der Waals surface area contributed by atoms with Crippen molar-refractivity contribution in [3.8, 4) is 67.5 Å². The van der Waals surface area contributed by atoms with Crippen molar-refractivity contribution in [2.24, 2.45) is 0 Å². The number of rotatable bonds is 6. The van der Waals surface area contributed by atoms with Crippen LogP contribution < -0.4 is 0 Å². The predicted molar refractivity (Wildman–Crippen MR) is 272 cm³/mol. The molecule has 0 spiro atoms. The number of aromatic nitrogens is 3. The first-order chi connectivity index (χ1) is 32.4. The maximum Gasteiger partial charge on any atom is 0.149 e. The molecule has 4 nitrogen and oxygen atoms in total. The number of fused-ring (bicyclic) bond motifs is 1. The van der Waals surface area contributed by atoms with Gasteiger partial charge in [-0.25, -0.2) is 4.98 Å². The Morgan fingerprint density at radius 2 is 1.12 bits per heavy atom. The first kappa shape index (κ1) is 37.1. The highest BCUT2D eigenvalue weighted by Gasteiger charge is 2.30. The lowest BCUT2D eigenvalue weighted by atomic mass is 9.79. The minimum absolute atomic E-state index is 0.0347.